The van der Waals surface area contributed by atoms with Gasteiger partial charge in [-0.2, -0.15) is 0 Å². The number of hydrogen-bond acceptors (Lipinski definition) is 1. The summed E-state index contributed by atoms with van der Waals surface area (Å²) in [6.07, 6.45) is 3.90. The summed E-state index contributed by atoms with van der Waals surface area (Å²) in [6.45, 7) is 0.373. The molecule has 2 nitrogen and oxygen atoms in total. The lowest BCUT2D eigenvalue weighted by atomic mass is 10.4. The van der Waals surface area contributed by atoms with Crippen LogP contribution in [0, 0.1) is 0 Å². The molecular formula is C7H10ClFN2. The van der Waals surface area contributed by atoms with Gasteiger partial charge in [0, 0.05) is 12.7 Å². The van der Waals surface area contributed by atoms with Crippen LogP contribution in [0.1, 0.15) is 12.1 Å². The standard InChI is InChI=1S/C7H10ClFN2/c8-4-7-5-10-6-11(7)3-1-2-9/h5-6H,1-4H2. The Bertz CT molecular complexity index is 212. The van der Waals surface area contributed by atoms with E-state index in [0.29, 0.717) is 18.8 Å². The van der Waals surface area contributed by atoms with Crippen molar-refractivity contribution in [2.45, 2.75) is 18.8 Å². The van der Waals surface area contributed by atoms with Crippen molar-refractivity contribution in [2.24, 2.45) is 0 Å². The van der Waals surface area contributed by atoms with Crippen LogP contribution in [0.15, 0.2) is 12.5 Å². The third-order valence-electron chi connectivity index (χ3n) is 1.47. The number of hydrogen-bond donors (Lipinski definition) is 0. The highest BCUT2D eigenvalue weighted by atomic mass is 35.5. The van der Waals surface area contributed by atoms with Crippen LogP contribution in [0.25, 0.3) is 0 Å². The fourth-order valence-electron chi connectivity index (χ4n) is 0.891. The largest absolute Gasteiger partial charge is 0.333 e. The third-order valence-corrected chi connectivity index (χ3v) is 1.74. The molecule has 0 unspecified atom stereocenters. The molecule has 1 aromatic rings. The zero-order valence-electron chi connectivity index (χ0n) is 6.13. The quantitative estimate of drug-likeness (QED) is 0.642. The zero-order chi connectivity index (χ0) is 8.10. The first-order chi connectivity index (χ1) is 5.38. The molecule has 0 aliphatic heterocycles. The van der Waals surface area contributed by atoms with Crippen LogP contribution in [-0.4, -0.2) is 16.2 Å². The van der Waals surface area contributed by atoms with Gasteiger partial charge in [0.1, 0.15) is 0 Å². The van der Waals surface area contributed by atoms with Gasteiger partial charge in [-0.25, -0.2) is 4.98 Å². The molecule has 0 spiro atoms. The molecule has 0 aromatic carbocycles. The summed E-state index contributed by atoms with van der Waals surface area (Å²) in [6, 6.07) is 0. The minimum atomic E-state index is -0.292. The number of nitrogens with zero attached hydrogens (tertiary/aromatic N) is 2. The Balaban J connectivity index is 2.54. The van der Waals surface area contributed by atoms with Crippen molar-refractivity contribution >= 4 is 11.6 Å². The molecule has 0 radical (unpaired) electrons. The molecule has 0 bridgehead atoms. The predicted molar refractivity (Wildman–Crippen MR) is 42.4 cm³/mol. The number of aromatic nitrogens is 2. The third kappa shape index (κ3) is 2.19. The Hall–Kier alpha value is -0.570. The Morgan fingerprint density at radius 1 is 1.64 bits per heavy atom. The van der Waals surface area contributed by atoms with E-state index in [2.05, 4.69) is 4.98 Å². The van der Waals surface area contributed by atoms with E-state index in [-0.39, 0.29) is 6.67 Å². The van der Waals surface area contributed by atoms with E-state index in [0.717, 1.165) is 5.69 Å². The molecule has 0 amide bonds. The molecule has 0 N–H and O–H groups in total. The molecule has 1 rings (SSSR count). The lowest BCUT2D eigenvalue weighted by molar-refractivity contribution is 0.444. The highest BCUT2D eigenvalue weighted by molar-refractivity contribution is 6.16. The zero-order valence-corrected chi connectivity index (χ0v) is 6.89. The summed E-state index contributed by atoms with van der Waals surface area (Å²) in [5.41, 5.74) is 0.945. The van der Waals surface area contributed by atoms with E-state index in [1.807, 2.05) is 4.57 Å². The van der Waals surface area contributed by atoms with Gasteiger partial charge in [0.2, 0.25) is 0 Å². The molecule has 0 aliphatic carbocycles. The van der Waals surface area contributed by atoms with Crippen LogP contribution in [0.2, 0.25) is 0 Å². The van der Waals surface area contributed by atoms with Gasteiger partial charge in [-0.3, -0.25) is 4.39 Å². The number of halogens is 2. The van der Waals surface area contributed by atoms with E-state index < -0.39 is 0 Å². The van der Waals surface area contributed by atoms with Crippen molar-refractivity contribution in [3.8, 4) is 0 Å². The minimum Gasteiger partial charge on any atom is -0.333 e. The summed E-state index contributed by atoms with van der Waals surface area (Å²) in [4.78, 5) is 3.90. The number of aryl methyl sites for hydroxylation is 1. The summed E-state index contributed by atoms with van der Waals surface area (Å²) < 4.78 is 13.6. The molecule has 0 fully saturated rings. The molecule has 0 atom stereocenters. The van der Waals surface area contributed by atoms with E-state index in [4.69, 9.17) is 11.6 Å². The van der Waals surface area contributed by atoms with Crippen molar-refractivity contribution < 1.29 is 4.39 Å². The van der Waals surface area contributed by atoms with Crippen LogP contribution in [0.3, 0.4) is 0 Å². The van der Waals surface area contributed by atoms with Crippen LogP contribution < -0.4 is 0 Å². The van der Waals surface area contributed by atoms with Gasteiger partial charge >= 0.3 is 0 Å². The van der Waals surface area contributed by atoms with Crippen LogP contribution >= 0.6 is 11.6 Å². The summed E-state index contributed by atoms with van der Waals surface area (Å²) in [5.74, 6) is 0.437. The second-order valence-corrected chi connectivity index (χ2v) is 2.52. The first kappa shape index (κ1) is 8.53. The maximum absolute atomic E-state index is 11.8. The summed E-state index contributed by atoms with van der Waals surface area (Å²) in [5, 5.41) is 0. The molecule has 0 aliphatic rings. The normalized spacial score (nSPS) is 10.4. The average Bonchev–Trinajstić information content (AvgIpc) is 2.47. The SMILES string of the molecule is FCCCn1cncc1CCl. The van der Waals surface area contributed by atoms with Gasteiger partial charge in [0.25, 0.3) is 0 Å². The Kier molecular flexibility index (Phi) is 3.36. The lowest BCUT2D eigenvalue weighted by Gasteiger charge is -2.02. The first-order valence-corrected chi connectivity index (χ1v) is 4.03. The van der Waals surface area contributed by atoms with Crippen molar-refractivity contribution in [1.82, 2.24) is 9.55 Å². The van der Waals surface area contributed by atoms with Gasteiger partial charge in [0.15, 0.2) is 0 Å². The maximum Gasteiger partial charge on any atom is 0.0948 e. The van der Waals surface area contributed by atoms with Crippen molar-refractivity contribution in [3.05, 3.63) is 18.2 Å². The van der Waals surface area contributed by atoms with Crippen LogP contribution in [0.5, 0.6) is 0 Å². The molecule has 1 aromatic heterocycles. The topological polar surface area (TPSA) is 17.8 Å². The molecule has 4 heteroatoms. The average molecular weight is 177 g/mol. The van der Waals surface area contributed by atoms with Crippen LogP contribution in [0.4, 0.5) is 4.39 Å². The van der Waals surface area contributed by atoms with E-state index in [9.17, 15) is 4.39 Å². The second-order valence-electron chi connectivity index (χ2n) is 2.25. The smallest absolute Gasteiger partial charge is 0.0948 e. The van der Waals surface area contributed by atoms with Gasteiger partial charge < -0.3 is 4.57 Å². The summed E-state index contributed by atoms with van der Waals surface area (Å²) >= 11 is 5.60. The minimum absolute atomic E-state index is 0.292. The maximum atomic E-state index is 11.8. The highest BCUT2D eigenvalue weighted by Gasteiger charge is 1.98. The van der Waals surface area contributed by atoms with Crippen molar-refractivity contribution in [3.63, 3.8) is 0 Å². The Morgan fingerprint density at radius 2 is 2.45 bits per heavy atom. The van der Waals surface area contributed by atoms with Gasteiger partial charge in [-0.1, -0.05) is 0 Å². The molecule has 0 saturated heterocycles. The second kappa shape index (κ2) is 4.34. The number of imidazole rings is 1. The van der Waals surface area contributed by atoms with E-state index in [1.165, 1.54) is 0 Å². The fraction of sp³-hybridized carbons (Fsp3) is 0.571. The van der Waals surface area contributed by atoms with Gasteiger partial charge in [-0.05, 0) is 6.42 Å². The number of alkyl halides is 2. The van der Waals surface area contributed by atoms with Gasteiger partial charge in [-0.15, -0.1) is 11.6 Å². The molecule has 11 heavy (non-hydrogen) atoms. The van der Waals surface area contributed by atoms with Crippen LogP contribution in [-0.2, 0) is 12.4 Å². The Labute approximate surface area is 70.0 Å². The van der Waals surface area contributed by atoms with E-state index in [1.54, 1.807) is 12.5 Å². The van der Waals surface area contributed by atoms with E-state index >= 15 is 0 Å². The summed E-state index contributed by atoms with van der Waals surface area (Å²) in [7, 11) is 0. The molecule has 62 valence electrons. The monoisotopic (exact) mass is 176 g/mol. The lowest BCUT2D eigenvalue weighted by Crippen LogP contribution is -2.00. The van der Waals surface area contributed by atoms with Crippen molar-refractivity contribution in [1.29, 1.82) is 0 Å². The molecule has 0 saturated carbocycles. The predicted octanol–water partition coefficient (Wildman–Crippen LogP) is 1.98. The van der Waals surface area contributed by atoms with Gasteiger partial charge in [0.05, 0.1) is 24.6 Å². The molecular weight excluding hydrogens is 167 g/mol. The number of rotatable bonds is 4. The fourth-order valence-corrected chi connectivity index (χ4v) is 1.11. The Morgan fingerprint density at radius 3 is 3.09 bits per heavy atom. The molecule has 1 heterocycles. The van der Waals surface area contributed by atoms with Crippen molar-refractivity contribution in [2.75, 3.05) is 6.67 Å². The first-order valence-electron chi connectivity index (χ1n) is 3.49. The highest BCUT2D eigenvalue weighted by Crippen LogP contribution is 2.03.